The van der Waals surface area contributed by atoms with Crippen LogP contribution >= 0.6 is 0 Å². The fraction of sp³-hybridized carbons (Fsp3) is 1.00. The Labute approximate surface area is 75.9 Å². The van der Waals surface area contributed by atoms with Crippen LogP contribution in [0, 0.1) is 5.92 Å². The zero-order chi connectivity index (χ0) is 8.60. The van der Waals surface area contributed by atoms with E-state index in [9.17, 15) is 0 Å². The van der Waals surface area contributed by atoms with Crippen molar-refractivity contribution in [2.24, 2.45) is 5.92 Å². The summed E-state index contributed by atoms with van der Waals surface area (Å²) in [4.78, 5) is 0. The lowest BCUT2D eigenvalue weighted by Crippen LogP contribution is -2.65. The van der Waals surface area contributed by atoms with E-state index in [0.29, 0.717) is 5.54 Å². The molecule has 2 saturated carbocycles. The number of nitrogens with one attached hydrogen (secondary N) is 1. The second-order valence-corrected chi connectivity index (χ2v) is 4.30. The van der Waals surface area contributed by atoms with E-state index >= 15 is 0 Å². The van der Waals surface area contributed by atoms with Gasteiger partial charge >= 0.3 is 0 Å². The molecule has 3 atom stereocenters. The van der Waals surface area contributed by atoms with Gasteiger partial charge in [-0.3, -0.25) is 0 Å². The van der Waals surface area contributed by atoms with Crippen LogP contribution in [0.25, 0.3) is 0 Å². The highest BCUT2D eigenvalue weighted by Gasteiger charge is 2.58. The van der Waals surface area contributed by atoms with Crippen LogP contribution in [0.1, 0.15) is 52.4 Å². The highest BCUT2D eigenvalue weighted by atomic mass is 15.2. The minimum absolute atomic E-state index is 0.683. The van der Waals surface area contributed by atoms with Crippen molar-refractivity contribution >= 4 is 0 Å². The number of fused-ring (bicyclic) bond motifs is 1. The molecule has 1 heteroatoms. The van der Waals surface area contributed by atoms with Crippen molar-refractivity contribution in [1.29, 1.82) is 0 Å². The van der Waals surface area contributed by atoms with Gasteiger partial charge in [0.25, 0.3) is 0 Å². The Morgan fingerprint density at radius 3 is 2.58 bits per heavy atom. The van der Waals surface area contributed by atoms with Gasteiger partial charge in [-0.1, -0.05) is 26.7 Å². The summed E-state index contributed by atoms with van der Waals surface area (Å²) in [7, 11) is 0. The van der Waals surface area contributed by atoms with Gasteiger partial charge in [0.2, 0.25) is 0 Å². The Bertz CT molecular complexity index is 162. The molecule has 3 unspecified atom stereocenters. The standard InChI is InChI=1S/C9H15N.C2H6/c1-2-5-9-6-4-8(10-9)7(9)3-1;1-2/h7-8,10H,1-6H2;1-2H3. The summed E-state index contributed by atoms with van der Waals surface area (Å²) >= 11 is 0. The summed E-state index contributed by atoms with van der Waals surface area (Å²) in [6, 6.07) is 0.945. The van der Waals surface area contributed by atoms with Gasteiger partial charge in [-0.15, -0.1) is 0 Å². The molecule has 70 valence electrons. The fourth-order valence-corrected chi connectivity index (χ4v) is 3.47. The lowest BCUT2D eigenvalue weighted by molar-refractivity contribution is 0.0580. The van der Waals surface area contributed by atoms with E-state index in [1.165, 1.54) is 38.5 Å². The van der Waals surface area contributed by atoms with Crippen LogP contribution in [-0.2, 0) is 0 Å². The third kappa shape index (κ3) is 0.953. The fourth-order valence-electron chi connectivity index (χ4n) is 3.47. The van der Waals surface area contributed by atoms with Crippen molar-refractivity contribution in [3.8, 4) is 0 Å². The molecule has 0 radical (unpaired) electrons. The van der Waals surface area contributed by atoms with Crippen molar-refractivity contribution in [2.45, 2.75) is 64.0 Å². The van der Waals surface area contributed by atoms with Gasteiger partial charge in [0.15, 0.2) is 0 Å². The lowest BCUT2D eigenvalue weighted by atomic mass is 9.68. The minimum atomic E-state index is 0.683. The summed E-state index contributed by atoms with van der Waals surface area (Å²) in [5.74, 6) is 1.10. The van der Waals surface area contributed by atoms with E-state index < -0.39 is 0 Å². The predicted octanol–water partition coefficient (Wildman–Crippen LogP) is 2.71. The van der Waals surface area contributed by atoms with Crippen LogP contribution in [-0.4, -0.2) is 11.6 Å². The molecule has 2 heterocycles. The Hall–Kier alpha value is -0.0400. The van der Waals surface area contributed by atoms with Gasteiger partial charge in [-0.2, -0.15) is 0 Å². The number of hydrogen-bond donors (Lipinski definition) is 1. The van der Waals surface area contributed by atoms with Gasteiger partial charge in [0, 0.05) is 11.6 Å². The topological polar surface area (TPSA) is 12.0 Å². The minimum Gasteiger partial charge on any atom is -0.308 e. The maximum Gasteiger partial charge on any atom is 0.0227 e. The van der Waals surface area contributed by atoms with Crippen molar-refractivity contribution in [2.75, 3.05) is 0 Å². The quantitative estimate of drug-likeness (QED) is 0.585. The van der Waals surface area contributed by atoms with Crippen LogP contribution in [0.15, 0.2) is 0 Å². The van der Waals surface area contributed by atoms with E-state index in [2.05, 4.69) is 5.32 Å². The van der Waals surface area contributed by atoms with Crippen molar-refractivity contribution in [3.05, 3.63) is 0 Å². The van der Waals surface area contributed by atoms with Crippen LogP contribution in [0.4, 0.5) is 0 Å². The molecule has 1 spiro atoms. The van der Waals surface area contributed by atoms with E-state index in [0.717, 1.165) is 12.0 Å². The van der Waals surface area contributed by atoms with Crippen molar-refractivity contribution in [3.63, 3.8) is 0 Å². The first-order valence-electron chi connectivity index (χ1n) is 5.68. The first kappa shape index (κ1) is 8.55. The molecular formula is C11H21N. The molecular weight excluding hydrogens is 146 g/mol. The molecule has 4 aliphatic rings. The van der Waals surface area contributed by atoms with Crippen LogP contribution < -0.4 is 5.32 Å². The molecule has 2 aliphatic heterocycles. The maximum absolute atomic E-state index is 3.73. The summed E-state index contributed by atoms with van der Waals surface area (Å²) in [6.07, 6.45) is 8.96. The molecule has 12 heavy (non-hydrogen) atoms. The predicted molar refractivity (Wildman–Crippen MR) is 52.2 cm³/mol. The second-order valence-electron chi connectivity index (χ2n) is 4.30. The second kappa shape index (κ2) is 3.02. The molecule has 1 nitrogen and oxygen atoms in total. The molecule has 1 N–H and O–H groups in total. The molecule has 2 aliphatic carbocycles. The molecule has 2 bridgehead atoms. The molecule has 4 rings (SSSR count). The first-order valence-corrected chi connectivity index (χ1v) is 5.68. The molecule has 0 aromatic heterocycles. The maximum atomic E-state index is 3.73. The Kier molecular flexibility index (Phi) is 2.16. The molecule has 2 saturated heterocycles. The SMILES string of the molecule is C1CCC23CCC(N2)C3C1.CC. The average Bonchev–Trinajstić information content (AvgIpc) is 2.66. The van der Waals surface area contributed by atoms with Gasteiger partial charge in [0.1, 0.15) is 0 Å². The van der Waals surface area contributed by atoms with Crippen LogP contribution in [0.2, 0.25) is 0 Å². The Balaban J connectivity index is 0.000000264. The zero-order valence-corrected chi connectivity index (χ0v) is 8.40. The monoisotopic (exact) mass is 167 g/mol. The van der Waals surface area contributed by atoms with Crippen molar-refractivity contribution < 1.29 is 0 Å². The average molecular weight is 167 g/mol. The number of hydrogen-bond acceptors (Lipinski definition) is 1. The zero-order valence-electron chi connectivity index (χ0n) is 8.40. The van der Waals surface area contributed by atoms with Gasteiger partial charge in [-0.25, -0.2) is 0 Å². The van der Waals surface area contributed by atoms with Gasteiger partial charge in [-0.05, 0) is 31.6 Å². The van der Waals surface area contributed by atoms with E-state index in [1.807, 2.05) is 13.8 Å². The smallest absolute Gasteiger partial charge is 0.0227 e. The number of rotatable bonds is 0. The highest BCUT2D eigenvalue weighted by Crippen LogP contribution is 2.53. The summed E-state index contributed by atoms with van der Waals surface area (Å²) in [5.41, 5.74) is 0.683. The first-order chi connectivity index (χ1) is 5.91. The Morgan fingerprint density at radius 1 is 1.08 bits per heavy atom. The van der Waals surface area contributed by atoms with E-state index in [1.54, 1.807) is 0 Å². The summed E-state index contributed by atoms with van der Waals surface area (Å²) in [5, 5.41) is 3.73. The van der Waals surface area contributed by atoms with E-state index in [-0.39, 0.29) is 0 Å². The summed E-state index contributed by atoms with van der Waals surface area (Å²) < 4.78 is 0. The van der Waals surface area contributed by atoms with Gasteiger partial charge in [0.05, 0.1) is 0 Å². The molecule has 0 aromatic rings. The molecule has 0 amide bonds. The largest absolute Gasteiger partial charge is 0.308 e. The lowest BCUT2D eigenvalue weighted by Gasteiger charge is -2.52. The summed E-state index contributed by atoms with van der Waals surface area (Å²) in [6.45, 7) is 4.00. The van der Waals surface area contributed by atoms with Crippen LogP contribution in [0.5, 0.6) is 0 Å². The normalized spacial score (nSPS) is 48.5. The molecule has 0 aromatic carbocycles. The van der Waals surface area contributed by atoms with Crippen molar-refractivity contribution in [1.82, 2.24) is 5.32 Å². The van der Waals surface area contributed by atoms with Crippen LogP contribution in [0.3, 0.4) is 0 Å². The highest BCUT2D eigenvalue weighted by molar-refractivity contribution is 5.17. The third-order valence-corrected chi connectivity index (χ3v) is 3.96. The van der Waals surface area contributed by atoms with E-state index in [4.69, 9.17) is 0 Å². The van der Waals surface area contributed by atoms with Gasteiger partial charge < -0.3 is 5.32 Å². The third-order valence-electron chi connectivity index (χ3n) is 3.96. The molecule has 4 fully saturated rings. The Morgan fingerprint density at radius 2 is 1.92 bits per heavy atom.